The first-order chi connectivity index (χ1) is 6.34. The maximum absolute atomic E-state index is 11.3. The maximum Gasteiger partial charge on any atom is 0.119 e. The zero-order chi connectivity index (χ0) is 9.52. The third kappa shape index (κ3) is 4.23. The SMILES string of the molecule is CSCON[NH+]([O-])N1CCOCC1. The quantitative estimate of drug-likeness (QED) is 0.322. The lowest BCUT2D eigenvalue weighted by Gasteiger charge is -2.34. The third-order valence-electron chi connectivity index (χ3n) is 1.63. The van der Waals surface area contributed by atoms with E-state index in [0.29, 0.717) is 32.2 Å². The Bertz CT molecular complexity index is 134. The highest BCUT2D eigenvalue weighted by atomic mass is 32.2. The van der Waals surface area contributed by atoms with Gasteiger partial charge in [0.1, 0.15) is 5.94 Å². The number of nitrogens with zero attached hydrogens (tertiary/aromatic N) is 1. The molecule has 1 aliphatic heterocycles. The number of hydrogen-bond acceptors (Lipinski definition) is 6. The van der Waals surface area contributed by atoms with Crippen molar-refractivity contribution in [1.29, 1.82) is 0 Å². The first-order valence-corrected chi connectivity index (χ1v) is 5.47. The highest BCUT2D eigenvalue weighted by Gasteiger charge is 2.16. The van der Waals surface area contributed by atoms with E-state index in [2.05, 4.69) is 5.59 Å². The molecule has 0 bridgehead atoms. The van der Waals surface area contributed by atoms with Gasteiger partial charge in [0, 0.05) is 0 Å². The molecule has 0 aromatic heterocycles. The summed E-state index contributed by atoms with van der Waals surface area (Å²) < 4.78 is 5.11. The lowest BCUT2D eigenvalue weighted by Crippen LogP contribution is -3.20. The van der Waals surface area contributed by atoms with E-state index in [1.165, 1.54) is 11.8 Å². The summed E-state index contributed by atoms with van der Waals surface area (Å²) in [5, 5.41) is 12.8. The van der Waals surface area contributed by atoms with Crippen LogP contribution in [0.3, 0.4) is 0 Å². The van der Waals surface area contributed by atoms with Gasteiger partial charge in [0.2, 0.25) is 0 Å². The summed E-state index contributed by atoms with van der Waals surface area (Å²) in [5.74, 6) is 0.468. The molecule has 1 heterocycles. The number of quaternary nitrogens is 1. The molecule has 0 amide bonds. The number of nitrogens with one attached hydrogen (secondary N) is 2. The minimum Gasteiger partial charge on any atom is -0.591 e. The average molecular weight is 209 g/mol. The van der Waals surface area contributed by atoms with Crippen LogP contribution in [-0.4, -0.2) is 43.5 Å². The number of hydrogen-bond donors (Lipinski definition) is 2. The number of ether oxygens (including phenoxy) is 1. The number of thioether (sulfide) groups is 1. The summed E-state index contributed by atoms with van der Waals surface area (Å²) in [6.07, 6.45) is 1.90. The standard InChI is InChI=1S/C6H15N3O3S/c1-13-6-12-7-9(10)8-2-4-11-5-3-8/h7,9H,2-6H2,1H3. The van der Waals surface area contributed by atoms with Crippen LogP contribution in [0.2, 0.25) is 0 Å². The topological polar surface area (TPSA) is 61.2 Å². The molecule has 2 N–H and O–H groups in total. The van der Waals surface area contributed by atoms with Gasteiger partial charge in [-0.1, -0.05) is 0 Å². The Labute approximate surface area is 81.6 Å². The van der Waals surface area contributed by atoms with Gasteiger partial charge in [0.15, 0.2) is 0 Å². The minimum absolute atomic E-state index is 0.183. The summed E-state index contributed by atoms with van der Waals surface area (Å²) >= 11 is 1.51. The maximum atomic E-state index is 11.3. The van der Waals surface area contributed by atoms with Crippen LogP contribution in [0, 0.1) is 5.21 Å². The van der Waals surface area contributed by atoms with Gasteiger partial charge in [-0.2, -0.15) is 5.28 Å². The van der Waals surface area contributed by atoms with Gasteiger partial charge in [-0.05, 0) is 11.8 Å². The molecule has 1 fully saturated rings. The third-order valence-corrected chi connectivity index (χ3v) is 1.99. The molecule has 1 aliphatic rings. The average Bonchev–Trinajstić information content (AvgIpc) is 2.19. The van der Waals surface area contributed by atoms with E-state index in [-0.39, 0.29) is 5.28 Å². The van der Waals surface area contributed by atoms with E-state index in [4.69, 9.17) is 9.57 Å². The van der Waals surface area contributed by atoms with Crippen molar-refractivity contribution in [2.24, 2.45) is 0 Å². The fraction of sp³-hybridized carbons (Fsp3) is 1.00. The molecular formula is C6H15N3O3S. The Morgan fingerprint density at radius 3 is 2.92 bits per heavy atom. The van der Waals surface area contributed by atoms with Gasteiger partial charge < -0.3 is 9.94 Å². The van der Waals surface area contributed by atoms with Crippen molar-refractivity contribution in [1.82, 2.24) is 10.6 Å². The molecule has 0 aromatic rings. The van der Waals surface area contributed by atoms with Gasteiger partial charge in [0.05, 0.1) is 26.3 Å². The fourth-order valence-electron chi connectivity index (χ4n) is 0.981. The molecule has 0 saturated carbocycles. The van der Waals surface area contributed by atoms with E-state index >= 15 is 0 Å². The zero-order valence-electron chi connectivity index (χ0n) is 7.62. The normalized spacial score (nSPS) is 21.7. The fourth-order valence-corrected chi connectivity index (χ4v) is 1.16. The van der Waals surface area contributed by atoms with Crippen LogP contribution in [-0.2, 0) is 9.57 Å². The zero-order valence-corrected chi connectivity index (χ0v) is 8.43. The van der Waals surface area contributed by atoms with Crippen molar-refractivity contribution in [2.45, 2.75) is 0 Å². The molecule has 0 spiro atoms. The molecule has 0 radical (unpaired) electrons. The van der Waals surface area contributed by atoms with Crippen LogP contribution in [0.15, 0.2) is 0 Å². The predicted octanol–water partition coefficient (Wildman–Crippen LogP) is -1.63. The minimum atomic E-state index is -0.183. The molecule has 13 heavy (non-hydrogen) atoms. The first kappa shape index (κ1) is 11.2. The van der Waals surface area contributed by atoms with Crippen molar-refractivity contribution < 1.29 is 14.9 Å². The molecule has 1 saturated heterocycles. The van der Waals surface area contributed by atoms with Crippen molar-refractivity contribution in [3.8, 4) is 0 Å². The summed E-state index contributed by atoms with van der Waals surface area (Å²) in [4.78, 5) is 4.88. The smallest absolute Gasteiger partial charge is 0.119 e. The Balaban J connectivity index is 2.09. The van der Waals surface area contributed by atoms with Gasteiger partial charge in [-0.15, -0.1) is 16.8 Å². The van der Waals surface area contributed by atoms with Gasteiger partial charge in [-0.3, -0.25) is 0 Å². The van der Waals surface area contributed by atoms with Crippen molar-refractivity contribution in [3.05, 3.63) is 5.21 Å². The van der Waals surface area contributed by atoms with Crippen LogP contribution in [0.4, 0.5) is 0 Å². The lowest BCUT2D eigenvalue weighted by molar-refractivity contribution is -1.04. The van der Waals surface area contributed by atoms with Gasteiger partial charge in [0.25, 0.3) is 0 Å². The molecule has 6 nitrogen and oxygen atoms in total. The van der Waals surface area contributed by atoms with Crippen molar-refractivity contribution in [3.63, 3.8) is 0 Å². The molecule has 1 rings (SSSR count). The largest absolute Gasteiger partial charge is 0.591 e. The summed E-state index contributed by atoms with van der Waals surface area (Å²) in [6.45, 7) is 2.48. The second-order valence-corrected chi connectivity index (χ2v) is 3.37. The van der Waals surface area contributed by atoms with E-state index in [9.17, 15) is 5.21 Å². The van der Waals surface area contributed by atoms with E-state index < -0.39 is 0 Å². The Morgan fingerprint density at radius 1 is 1.62 bits per heavy atom. The lowest BCUT2D eigenvalue weighted by atomic mass is 10.5. The van der Waals surface area contributed by atoms with Crippen molar-refractivity contribution >= 4 is 11.8 Å². The Hall–Kier alpha value is 0.110. The summed E-state index contributed by atoms with van der Waals surface area (Å²) in [7, 11) is 0. The van der Waals surface area contributed by atoms with Crippen LogP contribution in [0.5, 0.6) is 0 Å². The van der Waals surface area contributed by atoms with Crippen LogP contribution in [0.1, 0.15) is 0 Å². The van der Waals surface area contributed by atoms with Crippen LogP contribution >= 0.6 is 11.8 Å². The first-order valence-electron chi connectivity index (χ1n) is 4.08. The van der Waals surface area contributed by atoms with E-state index in [0.717, 1.165) is 0 Å². The molecule has 7 heteroatoms. The second-order valence-electron chi connectivity index (χ2n) is 2.56. The second kappa shape index (κ2) is 6.55. The molecular weight excluding hydrogens is 194 g/mol. The summed E-state index contributed by atoms with van der Waals surface area (Å²) in [5.41, 5.74) is 2.36. The Kier molecular flexibility index (Phi) is 5.63. The van der Waals surface area contributed by atoms with Crippen molar-refractivity contribution in [2.75, 3.05) is 38.5 Å². The molecule has 1 atom stereocenters. The monoisotopic (exact) mass is 209 g/mol. The van der Waals surface area contributed by atoms with E-state index in [1.54, 1.807) is 5.01 Å². The summed E-state index contributed by atoms with van der Waals surface area (Å²) in [6, 6.07) is 0. The van der Waals surface area contributed by atoms with E-state index in [1.807, 2.05) is 6.26 Å². The highest BCUT2D eigenvalue weighted by Crippen LogP contribution is 1.89. The molecule has 78 valence electrons. The van der Waals surface area contributed by atoms with Crippen LogP contribution < -0.4 is 10.9 Å². The Morgan fingerprint density at radius 2 is 2.31 bits per heavy atom. The predicted molar refractivity (Wildman–Crippen MR) is 49.3 cm³/mol. The highest BCUT2D eigenvalue weighted by molar-refractivity contribution is 7.98. The molecule has 1 unspecified atom stereocenters. The van der Waals surface area contributed by atoms with Crippen LogP contribution in [0.25, 0.3) is 0 Å². The molecule has 0 aromatic carbocycles. The number of rotatable bonds is 5. The van der Waals surface area contributed by atoms with Gasteiger partial charge >= 0.3 is 0 Å². The number of morpholine rings is 1. The van der Waals surface area contributed by atoms with Gasteiger partial charge in [-0.25, -0.2) is 4.84 Å². The molecule has 0 aliphatic carbocycles.